The summed E-state index contributed by atoms with van der Waals surface area (Å²) in [6, 6.07) is 12.2. The highest BCUT2D eigenvalue weighted by atomic mass is 32.2. The first-order valence-corrected chi connectivity index (χ1v) is 9.60. The van der Waals surface area contributed by atoms with Crippen molar-refractivity contribution in [1.82, 2.24) is 24.9 Å². The number of para-hydroxylation sites is 2. The summed E-state index contributed by atoms with van der Waals surface area (Å²) in [5, 5.41) is 12.4. The number of hydrogen-bond donors (Lipinski definition) is 0. The normalized spacial score (nSPS) is 11.6. The summed E-state index contributed by atoms with van der Waals surface area (Å²) in [5.74, 6) is 1.26. The quantitative estimate of drug-likeness (QED) is 0.410. The summed E-state index contributed by atoms with van der Waals surface area (Å²) in [7, 11) is 1.57. The van der Waals surface area contributed by atoms with E-state index in [-0.39, 0.29) is 23.0 Å². The lowest BCUT2D eigenvalue weighted by Crippen LogP contribution is -2.04. The van der Waals surface area contributed by atoms with Crippen molar-refractivity contribution in [3.8, 4) is 22.8 Å². The molecule has 7 nitrogen and oxygen atoms in total. The van der Waals surface area contributed by atoms with Gasteiger partial charge in [-0.25, -0.2) is 0 Å². The van der Waals surface area contributed by atoms with E-state index in [4.69, 9.17) is 9.26 Å². The molecule has 0 aliphatic carbocycles. The number of halogens is 3. The van der Waals surface area contributed by atoms with Crippen LogP contribution >= 0.6 is 11.8 Å². The summed E-state index contributed by atoms with van der Waals surface area (Å²) < 4.78 is 51.0. The van der Waals surface area contributed by atoms with Crippen LogP contribution in [0.4, 0.5) is 13.2 Å². The zero-order chi connectivity index (χ0) is 21.1. The zero-order valence-corrected chi connectivity index (χ0v) is 16.3. The molecule has 0 N–H and O–H groups in total. The summed E-state index contributed by atoms with van der Waals surface area (Å²) in [5.41, 5.74) is 0.218. The molecule has 4 rings (SSSR count). The molecule has 30 heavy (non-hydrogen) atoms. The Morgan fingerprint density at radius 1 is 1.13 bits per heavy atom. The monoisotopic (exact) mass is 433 g/mol. The van der Waals surface area contributed by atoms with Gasteiger partial charge in [0.2, 0.25) is 11.7 Å². The Hall–Kier alpha value is -3.34. The lowest BCUT2D eigenvalue weighted by Gasteiger charge is -2.10. The minimum absolute atomic E-state index is 0.0860. The third-order valence-electron chi connectivity index (χ3n) is 4.10. The molecule has 0 unspecified atom stereocenters. The third-order valence-corrected chi connectivity index (χ3v) is 5.03. The molecule has 11 heteroatoms. The van der Waals surface area contributed by atoms with Crippen LogP contribution in [0, 0.1) is 0 Å². The van der Waals surface area contributed by atoms with E-state index in [1.807, 2.05) is 24.3 Å². The highest BCUT2D eigenvalue weighted by Crippen LogP contribution is 2.32. The smallest absolute Gasteiger partial charge is 0.416 e. The zero-order valence-electron chi connectivity index (χ0n) is 15.5. The van der Waals surface area contributed by atoms with E-state index in [0.29, 0.717) is 10.9 Å². The number of rotatable bonds is 6. The second-order valence-corrected chi connectivity index (χ2v) is 6.98. The van der Waals surface area contributed by atoms with Gasteiger partial charge in [-0.05, 0) is 24.3 Å². The van der Waals surface area contributed by atoms with Crippen molar-refractivity contribution < 1.29 is 22.4 Å². The van der Waals surface area contributed by atoms with Gasteiger partial charge in [0.25, 0.3) is 0 Å². The Morgan fingerprint density at radius 2 is 1.97 bits per heavy atom. The van der Waals surface area contributed by atoms with E-state index in [9.17, 15) is 13.2 Å². The molecule has 0 spiro atoms. The van der Waals surface area contributed by atoms with Crippen molar-refractivity contribution >= 4 is 11.8 Å². The van der Waals surface area contributed by atoms with Gasteiger partial charge >= 0.3 is 6.18 Å². The third kappa shape index (κ3) is 4.15. The molecule has 0 radical (unpaired) electrons. The van der Waals surface area contributed by atoms with Crippen LogP contribution in [0.25, 0.3) is 17.1 Å². The number of alkyl halides is 3. The van der Waals surface area contributed by atoms with Crippen molar-refractivity contribution in [2.75, 3.05) is 7.11 Å². The van der Waals surface area contributed by atoms with E-state index >= 15 is 0 Å². The van der Waals surface area contributed by atoms with Crippen molar-refractivity contribution in [3.05, 3.63) is 66.3 Å². The topological polar surface area (TPSA) is 78.9 Å². The molecule has 0 amide bonds. The molecule has 2 aromatic carbocycles. The second-order valence-electron chi connectivity index (χ2n) is 6.03. The van der Waals surface area contributed by atoms with Gasteiger partial charge in [-0.2, -0.15) is 18.2 Å². The fourth-order valence-electron chi connectivity index (χ4n) is 2.71. The summed E-state index contributed by atoms with van der Waals surface area (Å²) in [6.45, 7) is 0. The Bertz CT molecular complexity index is 1160. The highest BCUT2D eigenvalue weighted by molar-refractivity contribution is 7.98. The van der Waals surface area contributed by atoms with Crippen molar-refractivity contribution in [2.45, 2.75) is 17.1 Å². The molecular formula is C19H14F3N5O2S. The number of hydrogen-bond acceptors (Lipinski definition) is 7. The van der Waals surface area contributed by atoms with E-state index in [1.165, 1.54) is 23.9 Å². The fraction of sp³-hybridized carbons (Fsp3) is 0.158. The number of thioether (sulfide) groups is 1. The van der Waals surface area contributed by atoms with E-state index < -0.39 is 11.7 Å². The number of aromatic nitrogens is 5. The molecule has 4 aromatic rings. The second kappa shape index (κ2) is 8.19. The van der Waals surface area contributed by atoms with Crippen LogP contribution in [0.15, 0.2) is 64.5 Å². The van der Waals surface area contributed by atoms with Crippen LogP contribution in [-0.4, -0.2) is 32.0 Å². The number of ether oxygens (including phenoxy) is 1. The van der Waals surface area contributed by atoms with Crippen LogP contribution in [0.2, 0.25) is 0 Å². The first-order chi connectivity index (χ1) is 14.5. The van der Waals surface area contributed by atoms with Gasteiger partial charge in [-0.3, -0.25) is 4.57 Å². The molecule has 0 aliphatic heterocycles. The molecule has 154 valence electrons. The molecule has 0 bridgehead atoms. The molecule has 2 aromatic heterocycles. The van der Waals surface area contributed by atoms with Gasteiger partial charge in [0.15, 0.2) is 5.16 Å². The molecule has 0 atom stereocenters. The fourth-order valence-corrected chi connectivity index (χ4v) is 3.47. The van der Waals surface area contributed by atoms with Gasteiger partial charge in [0, 0.05) is 5.56 Å². The first-order valence-electron chi connectivity index (χ1n) is 8.62. The van der Waals surface area contributed by atoms with Crippen LogP contribution in [0.3, 0.4) is 0 Å². The standard InChI is InChI=1S/C19H14F3N5O2S/c1-28-15-8-3-2-7-14(15)27-11-23-25-18(27)30-10-16-24-17(26-29-16)12-5-4-6-13(9-12)19(20,21)22/h2-9,11H,10H2,1H3. The van der Waals surface area contributed by atoms with Crippen molar-refractivity contribution in [3.63, 3.8) is 0 Å². The SMILES string of the molecule is COc1ccccc1-n1cnnc1SCc1nc(-c2cccc(C(F)(F)F)c2)no1. The van der Waals surface area contributed by atoms with Crippen molar-refractivity contribution in [1.29, 1.82) is 0 Å². The summed E-state index contributed by atoms with van der Waals surface area (Å²) in [4.78, 5) is 4.19. The largest absolute Gasteiger partial charge is 0.495 e. The number of nitrogens with zero attached hydrogens (tertiary/aromatic N) is 5. The van der Waals surface area contributed by atoms with Crippen LogP contribution in [0.1, 0.15) is 11.5 Å². The van der Waals surface area contributed by atoms with Crippen LogP contribution < -0.4 is 4.74 Å². The van der Waals surface area contributed by atoms with Crippen LogP contribution in [0.5, 0.6) is 5.75 Å². The predicted octanol–water partition coefficient (Wildman–Crippen LogP) is 4.64. The van der Waals surface area contributed by atoms with Crippen LogP contribution in [-0.2, 0) is 11.9 Å². The minimum Gasteiger partial charge on any atom is -0.495 e. The van der Waals surface area contributed by atoms with Gasteiger partial charge < -0.3 is 9.26 Å². The van der Waals surface area contributed by atoms with E-state index in [2.05, 4.69) is 20.3 Å². The number of benzene rings is 2. The maximum atomic E-state index is 12.9. The van der Waals surface area contributed by atoms with Crippen molar-refractivity contribution in [2.24, 2.45) is 0 Å². The Labute approximate surface area is 172 Å². The maximum Gasteiger partial charge on any atom is 0.416 e. The van der Waals surface area contributed by atoms with Gasteiger partial charge in [-0.15, -0.1) is 10.2 Å². The number of methoxy groups -OCH3 is 1. The maximum absolute atomic E-state index is 12.9. The Morgan fingerprint density at radius 3 is 2.77 bits per heavy atom. The molecule has 0 saturated heterocycles. The van der Waals surface area contributed by atoms with Gasteiger partial charge in [-0.1, -0.05) is 41.2 Å². The molecule has 0 saturated carbocycles. The first kappa shape index (κ1) is 20.0. The molecule has 2 heterocycles. The lowest BCUT2D eigenvalue weighted by atomic mass is 10.1. The van der Waals surface area contributed by atoms with E-state index in [0.717, 1.165) is 17.8 Å². The average Bonchev–Trinajstić information content (AvgIpc) is 3.41. The van der Waals surface area contributed by atoms with E-state index in [1.54, 1.807) is 18.0 Å². The molecule has 0 aliphatic rings. The molecular weight excluding hydrogens is 419 g/mol. The van der Waals surface area contributed by atoms with Gasteiger partial charge in [0.05, 0.1) is 24.1 Å². The predicted molar refractivity (Wildman–Crippen MR) is 102 cm³/mol. The Kier molecular flexibility index (Phi) is 5.44. The summed E-state index contributed by atoms with van der Waals surface area (Å²) in [6.07, 6.45) is -2.89. The average molecular weight is 433 g/mol. The highest BCUT2D eigenvalue weighted by Gasteiger charge is 2.30. The minimum atomic E-state index is -4.44. The molecule has 0 fully saturated rings. The Balaban J connectivity index is 1.51. The lowest BCUT2D eigenvalue weighted by molar-refractivity contribution is -0.137. The van der Waals surface area contributed by atoms with Gasteiger partial charge in [0.1, 0.15) is 12.1 Å². The summed E-state index contributed by atoms with van der Waals surface area (Å²) >= 11 is 1.29.